The number of aromatic nitrogens is 3. The second-order valence-corrected chi connectivity index (χ2v) is 6.62. The number of aryl methyl sites for hydroxylation is 1. The number of nitrogens with one attached hydrogen (secondary N) is 2. The van der Waals surface area contributed by atoms with Gasteiger partial charge in [-0.25, -0.2) is 9.67 Å². The van der Waals surface area contributed by atoms with Crippen molar-refractivity contribution in [2.45, 2.75) is 13.1 Å². The van der Waals surface area contributed by atoms with Crippen molar-refractivity contribution in [2.75, 3.05) is 12.4 Å². The highest BCUT2D eigenvalue weighted by atomic mass is 35.5. The zero-order valence-electron chi connectivity index (χ0n) is 15.7. The molecule has 0 radical (unpaired) electrons. The Balaban J connectivity index is 2.09. The van der Waals surface area contributed by atoms with Gasteiger partial charge in [0.05, 0.1) is 16.3 Å². The van der Waals surface area contributed by atoms with E-state index < -0.39 is 29.4 Å². The summed E-state index contributed by atoms with van der Waals surface area (Å²) in [7, 11) is 1.42. The summed E-state index contributed by atoms with van der Waals surface area (Å²) in [6, 6.07) is 8.18. The first-order valence-electron chi connectivity index (χ1n) is 8.54. The van der Waals surface area contributed by atoms with Crippen LogP contribution in [0.3, 0.4) is 0 Å². The molecule has 0 aliphatic rings. The molecule has 0 aliphatic carbocycles. The van der Waals surface area contributed by atoms with Crippen LogP contribution in [-0.2, 0) is 6.18 Å². The molecule has 7 nitrogen and oxygen atoms in total. The number of benzene rings is 1. The molecule has 2 N–H and O–H groups in total. The standard InChI is InChI=1S/C19H15ClF3N5O2/c1-10-5-6-11(17(29)24-2)13(8-10)26-18(30)14-9-15(19(21,22)23)27-28(14)16-12(20)4-3-7-25-16/h3-9H,1-2H3,(H,24,29)(H,26,30). The third-order valence-electron chi connectivity index (χ3n) is 4.07. The number of pyridine rings is 1. The minimum absolute atomic E-state index is 0.00461. The van der Waals surface area contributed by atoms with Gasteiger partial charge in [0.1, 0.15) is 5.69 Å². The van der Waals surface area contributed by atoms with Crippen LogP contribution in [0, 0.1) is 6.92 Å². The number of carbonyl (C=O) groups is 2. The van der Waals surface area contributed by atoms with Crippen molar-refractivity contribution in [3.63, 3.8) is 0 Å². The fourth-order valence-corrected chi connectivity index (χ4v) is 2.86. The number of carbonyl (C=O) groups excluding carboxylic acids is 2. The number of nitrogens with zero attached hydrogens (tertiary/aromatic N) is 3. The van der Waals surface area contributed by atoms with Gasteiger partial charge in [0, 0.05) is 19.3 Å². The number of halogens is 4. The van der Waals surface area contributed by atoms with E-state index in [4.69, 9.17) is 11.6 Å². The first kappa shape index (κ1) is 21.3. The zero-order valence-corrected chi connectivity index (χ0v) is 16.5. The van der Waals surface area contributed by atoms with Gasteiger partial charge < -0.3 is 10.6 Å². The van der Waals surface area contributed by atoms with Crippen LogP contribution in [-0.4, -0.2) is 33.6 Å². The van der Waals surface area contributed by atoms with Crippen LogP contribution in [0.15, 0.2) is 42.6 Å². The molecule has 11 heteroatoms. The van der Waals surface area contributed by atoms with Gasteiger partial charge in [0.2, 0.25) is 0 Å². The summed E-state index contributed by atoms with van der Waals surface area (Å²) >= 11 is 6.04. The van der Waals surface area contributed by atoms with Gasteiger partial charge in [-0.05, 0) is 36.8 Å². The number of anilines is 1. The number of rotatable bonds is 4. The van der Waals surface area contributed by atoms with Crippen LogP contribution in [0.25, 0.3) is 5.82 Å². The predicted octanol–water partition coefficient (Wildman–Crippen LogP) is 3.86. The molecule has 1 aromatic carbocycles. The molecule has 0 saturated carbocycles. The van der Waals surface area contributed by atoms with Gasteiger partial charge in [0.15, 0.2) is 11.5 Å². The second-order valence-electron chi connectivity index (χ2n) is 6.22. The second kappa shape index (κ2) is 8.15. The molecular formula is C19H15ClF3N5O2. The predicted molar refractivity (Wildman–Crippen MR) is 104 cm³/mol. The van der Waals surface area contributed by atoms with Gasteiger partial charge >= 0.3 is 6.18 Å². The Kier molecular flexibility index (Phi) is 5.79. The molecule has 2 heterocycles. The van der Waals surface area contributed by atoms with E-state index in [9.17, 15) is 22.8 Å². The minimum atomic E-state index is -4.79. The van der Waals surface area contributed by atoms with Crippen molar-refractivity contribution < 1.29 is 22.8 Å². The Labute approximate surface area is 173 Å². The lowest BCUT2D eigenvalue weighted by Gasteiger charge is -2.12. The maximum atomic E-state index is 13.2. The normalized spacial score (nSPS) is 11.3. The van der Waals surface area contributed by atoms with E-state index in [2.05, 4.69) is 20.7 Å². The largest absolute Gasteiger partial charge is 0.435 e. The van der Waals surface area contributed by atoms with E-state index >= 15 is 0 Å². The van der Waals surface area contributed by atoms with Gasteiger partial charge in [-0.1, -0.05) is 17.7 Å². The lowest BCUT2D eigenvalue weighted by Crippen LogP contribution is -2.23. The highest BCUT2D eigenvalue weighted by Gasteiger charge is 2.36. The van der Waals surface area contributed by atoms with E-state index in [1.54, 1.807) is 13.0 Å². The van der Waals surface area contributed by atoms with E-state index in [1.165, 1.54) is 37.5 Å². The Bertz CT molecular complexity index is 1130. The van der Waals surface area contributed by atoms with Crippen molar-refractivity contribution in [1.29, 1.82) is 0 Å². The number of hydrogen-bond acceptors (Lipinski definition) is 4. The summed E-state index contributed by atoms with van der Waals surface area (Å²) in [6.45, 7) is 1.74. The third-order valence-corrected chi connectivity index (χ3v) is 4.36. The molecule has 2 amide bonds. The average molecular weight is 438 g/mol. The van der Waals surface area contributed by atoms with Crippen molar-refractivity contribution in [1.82, 2.24) is 20.1 Å². The first-order valence-corrected chi connectivity index (χ1v) is 8.92. The van der Waals surface area contributed by atoms with Crippen molar-refractivity contribution in [2.24, 2.45) is 0 Å². The molecule has 0 fully saturated rings. The molecule has 2 aromatic heterocycles. The summed E-state index contributed by atoms with van der Waals surface area (Å²) in [5.41, 5.74) is -0.727. The van der Waals surface area contributed by atoms with E-state index in [0.29, 0.717) is 6.07 Å². The molecule has 0 atom stereocenters. The molecular weight excluding hydrogens is 423 g/mol. The summed E-state index contributed by atoms with van der Waals surface area (Å²) in [5, 5.41) is 8.39. The van der Waals surface area contributed by atoms with Crippen LogP contribution in [0.1, 0.15) is 32.1 Å². The lowest BCUT2D eigenvalue weighted by atomic mass is 10.1. The molecule has 3 rings (SSSR count). The van der Waals surface area contributed by atoms with E-state index in [-0.39, 0.29) is 22.1 Å². The minimum Gasteiger partial charge on any atom is -0.355 e. The molecule has 30 heavy (non-hydrogen) atoms. The molecule has 0 bridgehead atoms. The van der Waals surface area contributed by atoms with Crippen LogP contribution in [0.5, 0.6) is 0 Å². The van der Waals surface area contributed by atoms with E-state index in [0.717, 1.165) is 10.2 Å². The van der Waals surface area contributed by atoms with Gasteiger partial charge in [-0.3, -0.25) is 9.59 Å². The Hall–Kier alpha value is -3.40. The number of hydrogen-bond donors (Lipinski definition) is 2. The number of amides is 2. The highest BCUT2D eigenvalue weighted by molar-refractivity contribution is 6.32. The molecule has 0 aliphatic heterocycles. The van der Waals surface area contributed by atoms with Crippen LogP contribution >= 0.6 is 11.6 Å². The maximum absolute atomic E-state index is 13.2. The van der Waals surface area contributed by atoms with Gasteiger partial charge in [-0.2, -0.15) is 18.3 Å². The van der Waals surface area contributed by atoms with E-state index in [1.807, 2.05) is 0 Å². The van der Waals surface area contributed by atoms with Crippen molar-refractivity contribution >= 4 is 29.1 Å². The fraction of sp³-hybridized carbons (Fsp3) is 0.158. The number of alkyl halides is 3. The third kappa shape index (κ3) is 4.28. The van der Waals surface area contributed by atoms with Gasteiger partial charge in [0.25, 0.3) is 11.8 Å². The first-order chi connectivity index (χ1) is 14.1. The lowest BCUT2D eigenvalue weighted by molar-refractivity contribution is -0.141. The fourth-order valence-electron chi connectivity index (χ4n) is 2.66. The van der Waals surface area contributed by atoms with Crippen molar-refractivity contribution in [3.05, 3.63) is 70.1 Å². The molecule has 3 aromatic rings. The summed E-state index contributed by atoms with van der Waals surface area (Å²) in [5.74, 6) is -1.53. The monoisotopic (exact) mass is 437 g/mol. The Morgan fingerprint density at radius 1 is 1.13 bits per heavy atom. The van der Waals surface area contributed by atoms with Crippen molar-refractivity contribution in [3.8, 4) is 5.82 Å². The molecule has 0 saturated heterocycles. The summed E-state index contributed by atoms with van der Waals surface area (Å²) in [4.78, 5) is 28.9. The average Bonchev–Trinajstić information content (AvgIpc) is 3.14. The molecule has 0 spiro atoms. The summed E-state index contributed by atoms with van der Waals surface area (Å²) < 4.78 is 40.4. The quantitative estimate of drug-likeness (QED) is 0.648. The van der Waals surface area contributed by atoms with Crippen LogP contribution in [0.4, 0.5) is 18.9 Å². The maximum Gasteiger partial charge on any atom is 0.435 e. The highest BCUT2D eigenvalue weighted by Crippen LogP contribution is 2.31. The van der Waals surface area contributed by atoms with Gasteiger partial charge in [-0.15, -0.1) is 0 Å². The molecule has 156 valence electrons. The SMILES string of the molecule is CNC(=O)c1ccc(C)cc1NC(=O)c1cc(C(F)(F)F)nn1-c1ncccc1Cl. The Morgan fingerprint density at radius 2 is 1.87 bits per heavy atom. The smallest absolute Gasteiger partial charge is 0.355 e. The molecule has 0 unspecified atom stereocenters. The zero-order chi connectivity index (χ0) is 22.1. The van der Waals surface area contributed by atoms with Crippen LogP contribution in [0.2, 0.25) is 5.02 Å². The summed E-state index contributed by atoms with van der Waals surface area (Å²) in [6.07, 6.45) is -3.49. The topological polar surface area (TPSA) is 88.9 Å². The Morgan fingerprint density at radius 3 is 2.50 bits per heavy atom. The van der Waals surface area contributed by atoms with Crippen LogP contribution < -0.4 is 10.6 Å².